The van der Waals surface area contributed by atoms with Crippen LogP contribution in [0.2, 0.25) is 0 Å². The number of hydrogen-bond acceptors (Lipinski definition) is 2. The van der Waals surface area contributed by atoms with Gasteiger partial charge in [0.25, 0.3) is 0 Å². The van der Waals surface area contributed by atoms with Crippen molar-refractivity contribution in [2.24, 2.45) is 0 Å². The molecule has 0 atom stereocenters. The van der Waals surface area contributed by atoms with Crippen molar-refractivity contribution in [2.75, 3.05) is 0 Å². The molecule has 0 unspecified atom stereocenters. The normalized spacial score (nSPS) is 9.42. The summed E-state index contributed by atoms with van der Waals surface area (Å²) in [6, 6.07) is 33.0. The van der Waals surface area contributed by atoms with E-state index in [2.05, 4.69) is 81.4 Å². The maximum Gasteiger partial charge on any atom is 0.488 e. The minimum atomic E-state index is -1.35. The van der Waals surface area contributed by atoms with E-state index in [4.69, 9.17) is 10.0 Å². The van der Waals surface area contributed by atoms with Crippen LogP contribution >= 0.6 is 0 Å². The Morgan fingerprint density at radius 3 is 1.45 bits per heavy atom. The van der Waals surface area contributed by atoms with Crippen molar-refractivity contribution in [1.29, 1.82) is 0 Å². The maximum absolute atomic E-state index is 8.88. The van der Waals surface area contributed by atoms with Crippen molar-refractivity contribution in [3.05, 3.63) is 125 Å². The summed E-state index contributed by atoms with van der Waals surface area (Å²) in [6.45, 7) is 10.1. The molecule has 0 spiro atoms. The van der Waals surface area contributed by atoms with Crippen molar-refractivity contribution >= 4 is 12.6 Å². The van der Waals surface area contributed by atoms with Crippen molar-refractivity contribution in [3.63, 3.8) is 0 Å². The van der Waals surface area contributed by atoms with Gasteiger partial charge in [0.2, 0.25) is 0 Å². The average Bonchev–Trinajstić information content (AvgIpc) is 2.79. The fraction of sp³-hybridized carbons (Fsp3) is 0.172. The first kappa shape index (κ1) is 28.6. The van der Waals surface area contributed by atoms with Gasteiger partial charge in [-0.1, -0.05) is 119 Å². The van der Waals surface area contributed by atoms with Gasteiger partial charge in [0.05, 0.1) is 0 Å². The molecular weight excluding hydrogens is 498 g/mol. The first-order chi connectivity index (χ1) is 15.3. The number of rotatable bonds is 2. The summed E-state index contributed by atoms with van der Waals surface area (Å²) in [5.74, 6) is 0. The topological polar surface area (TPSA) is 40.5 Å². The molecule has 0 bridgehead atoms. The Kier molecular flexibility index (Phi) is 12.7. The molecule has 2 N–H and O–H groups in total. The van der Waals surface area contributed by atoms with Crippen LogP contribution in [-0.4, -0.2) is 17.2 Å². The molecule has 0 fully saturated rings. The zero-order valence-electron chi connectivity index (χ0n) is 20.0. The molecule has 0 heterocycles. The van der Waals surface area contributed by atoms with Gasteiger partial charge in [-0.2, -0.15) is 0 Å². The van der Waals surface area contributed by atoms with Gasteiger partial charge >= 0.3 is 7.12 Å². The molecule has 33 heavy (non-hydrogen) atoms. The van der Waals surface area contributed by atoms with E-state index in [0.29, 0.717) is 5.46 Å². The smallest absolute Gasteiger partial charge is 0.423 e. The zero-order chi connectivity index (χ0) is 23.5. The van der Waals surface area contributed by atoms with Crippen LogP contribution in [0.3, 0.4) is 0 Å². The van der Waals surface area contributed by atoms with Crippen LogP contribution in [0.15, 0.2) is 97.1 Å². The molecule has 0 aliphatic rings. The molecule has 4 aromatic rings. The molecule has 0 saturated heterocycles. The molecule has 4 aromatic carbocycles. The van der Waals surface area contributed by atoms with Gasteiger partial charge in [-0.15, -0.1) is 0 Å². The van der Waals surface area contributed by atoms with E-state index in [9.17, 15) is 0 Å². The third-order valence-electron chi connectivity index (χ3n) is 5.13. The second-order valence-corrected chi connectivity index (χ2v) is 8.07. The van der Waals surface area contributed by atoms with Crippen LogP contribution in [0.25, 0.3) is 11.1 Å². The van der Waals surface area contributed by atoms with Crippen LogP contribution in [-0.2, 0) is 20.4 Å². The maximum atomic E-state index is 8.88. The molecule has 0 amide bonds. The molecule has 0 radical (unpaired) electrons. The predicted molar refractivity (Wildman–Crippen MR) is 138 cm³/mol. The Balaban J connectivity index is 0.000000257. The van der Waals surface area contributed by atoms with Crippen LogP contribution < -0.4 is 5.46 Å². The Bertz CT molecular complexity index is 1100. The first-order valence-corrected chi connectivity index (χ1v) is 10.9. The summed E-state index contributed by atoms with van der Waals surface area (Å²) in [6.07, 6.45) is 0. The predicted octanol–water partition coefficient (Wildman–Crippen LogP) is 5.95. The second kappa shape index (κ2) is 14.6. The Hall–Kier alpha value is -2.47. The molecule has 0 saturated carbocycles. The van der Waals surface area contributed by atoms with E-state index >= 15 is 0 Å². The van der Waals surface area contributed by atoms with Gasteiger partial charge in [0.1, 0.15) is 0 Å². The Morgan fingerprint density at radius 2 is 1.00 bits per heavy atom. The number of hydrogen-bond donors (Lipinski definition) is 2. The minimum absolute atomic E-state index is 0. The van der Waals surface area contributed by atoms with Crippen molar-refractivity contribution < 1.29 is 30.5 Å². The van der Waals surface area contributed by atoms with E-state index in [1.54, 1.807) is 6.07 Å². The molecular formula is C29H33BO2Pd. The van der Waals surface area contributed by atoms with Gasteiger partial charge in [-0.05, 0) is 56.8 Å². The van der Waals surface area contributed by atoms with Gasteiger partial charge in [-0.3, -0.25) is 0 Å². The van der Waals surface area contributed by atoms with E-state index in [-0.39, 0.29) is 20.4 Å². The second-order valence-electron chi connectivity index (χ2n) is 8.07. The largest absolute Gasteiger partial charge is 0.488 e. The van der Waals surface area contributed by atoms with Crippen LogP contribution in [0, 0.1) is 34.6 Å². The molecule has 0 aliphatic heterocycles. The molecule has 4 rings (SSSR count). The van der Waals surface area contributed by atoms with Crippen LogP contribution in [0.4, 0.5) is 0 Å². The van der Waals surface area contributed by atoms with Crippen molar-refractivity contribution in [2.45, 2.75) is 34.6 Å². The summed E-state index contributed by atoms with van der Waals surface area (Å²) < 4.78 is 0. The summed E-state index contributed by atoms with van der Waals surface area (Å²) >= 11 is 0. The van der Waals surface area contributed by atoms with Crippen molar-refractivity contribution in [3.8, 4) is 11.1 Å². The van der Waals surface area contributed by atoms with E-state index < -0.39 is 7.12 Å². The molecule has 174 valence electrons. The third-order valence-corrected chi connectivity index (χ3v) is 5.13. The third kappa shape index (κ3) is 9.91. The van der Waals surface area contributed by atoms with Gasteiger partial charge in [-0.25, -0.2) is 0 Å². The standard InChI is InChI=1S/C14H14.C8H11BO2.C7H8.Pd/c1-11-8-9-12(2)14(10-11)13-6-4-3-5-7-13;1-6-3-4-7(2)8(5-6)9(10)11;1-7-5-3-2-4-6-7;/h3-10H,1-2H3;3-5,10-11H,1-2H3;2-6H,1H3;. The van der Waals surface area contributed by atoms with Gasteiger partial charge in [0, 0.05) is 20.4 Å². The van der Waals surface area contributed by atoms with Crippen LogP contribution in [0.1, 0.15) is 27.8 Å². The minimum Gasteiger partial charge on any atom is -0.423 e. The summed E-state index contributed by atoms with van der Waals surface area (Å²) in [5.41, 5.74) is 9.15. The summed E-state index contributed by atoms with van der Waals surface area (Å²) in [4.78, 5) is 0. The first-order valence-electron chi connectivity index (χ1n) is 10.9. The van der Waals surface area contributed by atoms with Gasteiger partial charge < -0.3 is 10.0 Å². The summed E-state index contributed by atoms with van der Waals surface area (Å²) in [5, 5.41) is 17.8. The van der Waals surface area contributed by atoms with Gasteiger partial charge in [0.15, 0.2) is 0 Å². The molecule has 2 nitrogen and oxygen atoms in total. The Labute approximate surface area is 213 Å². The van der Waals surface area contributed by atoms with E-state index in [1.807, 2.05) is 44.2 Å². The fourth-order valence-electron chi connectivity index (χ4n) is 3.24. The fourth-order valence-corrected chi connectivity index (χ4v) is 3.24. The quantitative estimate of drug-likeness (QED) is 0.315. The zero-order valence-corrected chi connectivity index (χ0v) is 21.6. The van der Waals surface area contributed by atoms with E-state index in [0.717, 1.165) is 11.1 Å². The monoisotopic (exact) mass is 530 g/mol. The molecule has 0 aromatic heterocycles. The van der Waals surface area contributed by atoms with Crippen molar-refractivity contribution in [1.82, 2.24) is 0 Å². The van der Waals surface area contributed by atoms with Crippen LogP contribution in [0.5, 0.6) is 0 Å². The molecule has 0 aliphatic carbocycles. The summed E-state index contributed by atoms with van der Waals surface area (Å²) in [7, 11) is -1.35. The average molecular weight is 531 g/mol. The van der Waals surface area contributed by atoms with E-state index in [1.165, 1.54) is 27.8 Å². The molecule has 4 heteroatoms. The number of aryl methyl sites for hydroxylation is 5. The number of benzene rings is 4. The Morgan fingerprint density at radius 1 is 0.515 bits per heavy atom. The SMILES string of the molecule is Cc1ccc(C)c(-c2ccccc2)c1.Cc1ccc(C)c(B(O)O)c1.Cc1ccccc1.[Pd].